The van der Waals surface area contributed by atoms with Gasteiger partial charge in [0.1, 0.15) is 0 Å². The minimum atomic E-state index is -1.75. The third-order valence-corrected chi connectivity index (χ3v) is 7.30. The van der Waals surface area contributed by atoms with Gasteiger partial charge in [-0.15, -0.1) is 0 Å². The fourth-order valence-corrected chi connectivity index (χ4v) is 6.53. The Bertz CT molecular complexity index is 462. The molecular weight excluding hydrogens is 296 g/mol. The first-order valence-corrected chi connectivity index (χ1v) is 11.6. The molecule has 1 rings (SSSR count). The quantitative estimate of drug-likeness (QED) is 0.439. The van der Waals surface area contributed by atoms with Gasteiger partial charge in [-0.05, 0) is 24.8 Å². The van der Waals surface area contributed by atoms with E-state index in [9.17, 15) is 9.59 Å². The van der Waals surface area contributed by atoms with E-state index in [1.807, 2.05) is 13.8 Å². The molecule has 4 nitrogen and oxygen atoms in total. The number of carbonyl (C=O) groups excluding carboxylic acids is 2. The lowest BCUT2D eigenvalue weighted by Gasteiger charge is -2.31. The molecule has 0 saturated heterocycles. The van der Waals surface area contributed by atoms with Crippen molar-refractivity contribution in [2.45, 2.75) is 52.9 Å². The van der Waals surface area contributed by atoms with Crippen molar-refractivity contribution in [3.63, 3.8) is 0 Å². The highest BCUT2D eigenvalue weighted by atomic mass is 28.3. The zero-order chi connectivity index (χ0) is 17.3. The maximum absolute atomic E-state index is 12.6. The van der Waals surface area contributed by atoms with E-state index in [1.54, 1.807) is 13.8 Å². The van der Waals surface area contributed by atoms with Crippen LogP contribution in [0.3, 0.4) is 0 Å². The largest absolute Gasteiger partial charge is 0.466 e. The van der Waals surface area contributed by atoms with Gasteiger partial charge in [-0.25, -0.2) is 0 Å². The second-order valence-corrected chi connectivity index (χ2v) is 13.0. The van der Waals surface area contributed by atoms with Gasteiger partial charge in [-0.1, -0.05) is 45.6 Å². The first-order valence-electron chi connectivity index (χ1n) is 8.02. The average molecular weight is 327 g/mol. The number of rotatable bonds is 5. The van der Waals surface area contributed by atoms with E-state index in [1.165, 1.54) is 0 Å². The van der Waals surface area contributed by atoms with E-state index in [0.717, 1.165) is 5.57 Å². The lowest BCUT2D eigenvalue weighted by molar-refractivity contribution is -0.161. The zero-order valence-electron chi connectivity index (χ0n) is 15.0. The number of ether oxygens (including phenoxy) is 2. The van der Waals surface area contributed by atoms with Crippen LogP contribution in [0, 0.1) is 17.3 Å². The SMILES string of the molecule is C=C1C([Si](C)(C)C)C(C(=O)OCC)C(C(=O)OCC)C1(C)C. The van der Waals surface area contributed by atoms with Crippen molar-refractivity contribution in [3.05, 3.63) is 12.2 Å². The molecule has 1 aliphatic rings. The Hall–Kier alpha value is -1.10. The molecule has 126 valence electrons. The van der Waals surface area contributed by atoms with Crippen LogP contribution in [0.15, 0.2) is 12.2 Å². The Balaban J connectivity index is 3.39. The topological polar surface area (TPSA) is 52.6 Å². The third-order valence-electron chi connectivity index (χ3n) is 4.73. The summed E-state index contributed by atoms with van der Waals surface area (Å²) in [5, 5.41) is 0. The smallest absolute Gasteiger partial charge is 0.310 e. The van der Waals surface area contributed by atoms with E-state index in [-0.39, 0.29) is 17.5 Å². The van der Waals surface area contributed by atoms with Crippen molar-refractivity contribution in [3.8, 4) is 0 Å². The van der Waals surface area contributed by atoms with Gasteiger partial charge in [-0.3, -0.25) is 9.59 Å². The van der Waals surface area contributed by atoms with Crippen molar-refractivity contribution in [1.82, 2.24) is 0 Å². The predicted octanol–water partition coefficient (Wildman–Crippen LogP) is 3.65. The summed E-state index contributed by atoms with van der Waals surface area (Å²) in [7, 11) is -1.75. The van der Waals surface area contributed by atoms with Crippen LogP contribution in [0.4, 0.5) is 0 Å². The highest BCUT2D eigenvalue weighted by molar-refractivity contribution is 6.78. The molecule has 22 heavy (non-hydrogen) atoms. The minimum Gasteiger partial charge on any atom is -0.466 e. The fraction of sp³-hybridized carbons (Fsp3) is 0.765. The van der Waals surface area contributed by atoms with Crippen LogP contribution in [0.2, 0.25) is 25.2 Å². The van der Waals surface area contributed by atoms with Crippen LogP contribution in [0.1, 0.15) is 27.7 Å². The first-order chi connectivity index (χ1) is 10.00. The molecule has 0 aromatic heterocycles. The first kappa shape index (κ1) is 18.9. The highest BCUT2D eigenvalue weighted by Crippen LogP contribution is 2.60. The van der Waals surface area contributed by atoms with E-state index in [4.69, 9.17) is 9.47 Å². The van der Waals surface area contributed by atoms with E-state index in [2.05, 4.69) is 26.2 Å². The number of esters is 2. The average Bonchev–Trinajstić information content (AvgIpc) is 2.57. The van der Waals surface area contributed by atoms with Crippen LogP contribution in [-0.4, -0.2) is 33.2 Å². The van der Waals surface area contributed by atoms with Gasteiger partial charge in [-0.2, -0.15) is 0 Å². The molecule has 1 fully saturated rings. The van der Waals surface area contributed by atoms with Crippen LogP contribution in [0.5, 0.6) is 0 Å². The maximum Gasteiger partial charge on any atom is 0.310 e. The minimum absolute atomic E-state index is 0.0240. The van der Waals surface area contributed by atoms with Gasteiger partial charge in [0, 0.05) is 0 Å². The zero-order valence-corrected chi connectivity index (χ0v) is 16.0. The molecule has 0 N–H and O–H groups in total. The molecule has 3 atom stereocenters. The number of hydrogen-bond donors (Lipinski definition) is 0. The van der Waals surface area contributed by atoms with Gasteiger partial charge in [0.05, 0.1) is 33.1 Å². The Labute approximate surface area is 135 Å². The van der Waals surface area contributed by atoms with E-state index < -0.39 is 25.3 Å². The van der Waals surface area contributed by atoms with Crippen molar-refractivity contribution in [1.29, 1.82) is 0 Å². The molecule has 0 aromatic rings. The molecule has 0 radical (unpaired) electrons. The standard InChI is InChI=1S/C17H30O4Si/c1-9-20-15(18)12-13(16(19)21-10-2)17(4,5)11(3)14(12)22(6,7)8/h12-14H,3,9-10H2,1-2,4-8H3. The Morgan fingerprint density at radius 2 is 1.55 bits per heavy atom. The molecule has 1 saturated carbocycles. The van der Waals surface area contributed by atoms with Crippen molar-refractivity contribution >= 4 is 20.0 Å². The summed E-state index contributed by atoms with van der Waals surface area (Å²) in [5.74, 6) is -1.60. The van der Waals surface area contributed by atoms with Crippen LogP contribution in [0.25, 0.3) is 0 Å². The van der Waals surface area contributed by atoms with E-state index >= 15 is 0 Å². The van der Waals surface area contributed by atoms with Crippen molar-refractivity contribution in [2.24, 2.45) is 17.3 Å². The second kappa shape index (κ2) is 6.57. The molecule has 0 aliphatic heterocycles. The number of carbonyl (C=O) groups is 2. The molecule has 0 spiro atoms. The number of allylic oxidation sites excluding steroid dienone is 1. The van der Waals surface area contributed by atoms with Crippen LogP contribution >= 0.6 is 0 Å². The van der Waals surface area contributed by atoms with Crippen molar-refractivity contribution < 1.29 is 19.1 Å². The molecule has 5 heteroatoms. The summed E-state index contributed by atoms with van der Waals surface area (Å²) in [6.07, 6.45) is 0. The van der Waals surface area contributed by atoms with Crippen molar-refractivity contribution in [2.75, 3.05) is 13.2 Å². The lowest BCUT2D eigenvalue weighted by Crippen LogP contribution is -2.40. The summed E-state index contributed by atoms with van der Waals surface area (Å²) < 4.78 is 10.5. The monoisotopic (exact) mass is 326 g/mol. The summed E-state index contributed by atoms with van der Waals surface area (Å²) >= 11 is 0. The summed E-state index contributed by atoms with van der Waals surface area (Å²) in [4.78, 5) is 25.1. The van der Waals surface area contributed by atoms with Gasteiger partial charge in [0.2, 0.25) is 0 Å². The van der Waals surface area contributed by atoms with Crippen LogP contribution in [-0.2, 0) is 19.1 Å². The lowest BCUT2D eigenvalue weighted by atomic mass is 9.77. The summed E-state index contributed by atoms with van der Waals surface area (Å²) in [5.41, 5.74) is 0.549. The molecule has 0 amide bonds. The van der Waals surface area contributed by atoms with Gasteiger partial charge >= 0.3 is 11.9 Å². The Morgan fingerprint density at radius 1 is 1.09 bits per heavy atom. The Kier molecular flexibility index (Phi) is 5.65. The highest BCUT2D eigenvalue weighted by Gasteiger charge is 2.61. The Morgan fingerprint density at radius 3 is 1.95 bits per heavy atom. The molecule has 3 unspecified atom stereocenters. The fourth-order valence-electron chi connectivity index (χ4n) is 3.70. The molecule has 0 aromatic carbocycles. The van der Waals surface area contributed by atoms with E-state index in [0.29, 0.717) is 13.2 Å². The van der Waals surface area contributed by atoms with Gasteiger partial charge in [0.15, 0.2) is 0 Å². The molecular formula is C17H30O4Si. The summed E-state index contributed by atoms with van der Waals surface area (Å²) in [6, 6.07) is 0. The molecule has 1 aliphatic carbocycles. The number of hydrogen-bond acceptors (Lipinski definition) is 4. The second-order valence-electron chi connectivity index (χ2n) is 7.60. The molecule has 0 bridgehead atoms. The predicted molar refractivity (Wildman–Crippen MR) is 90.3 cm³/mol. The molecule has 0 heterocycles. The third kappa shape index (κ3) is 3.29. The van der Waals surface area contributed by atoms with Gasteiger partial charge < -0.3 is 9.47 Å². The maximum atomic E-state index is 12.6. The normalized spacial score (nSPS) is 27.6. The van der Waals surface area contributed by atoms with Gasteiger partial charge in [0.25, 0.3) is 0 Å². The summed E-state index contributed by atoms with van der Waals surface area (Å²) in [6.45, 7) is 19.1. The van der Waals surface area contributed by atoms with Crippen LogP contribution < -0.4 is 0 Å².